The molecule has 0 aromatic rings. The molecule has 46 valence electrons. The van der Waals surface area contributed by atoms with Crippen LogP contribution in [0.5, 0.6) is 0 Å². The standard InChI is InChI=1S/C2H6O.3FH.Sb/c1-2-3;;;;/h3H,2H2,1H3;3*1H;/q;;;;+3/p-3. The van der Waals surface area contributed by atoms with Crippen molar-refractivity contribution in [1.29, 1.82) is 0 Å². The van der Waals surface area contributed by atoms with Gasteiger partial charge in [-0.2, -0.15) is 0 Å². The molecule has 0 aliphatic rings. The SMILES string of the molecule is CCO.[F][Sb]([F])[F]. The van der Waals surface area contributed by atoms with Crippen LogP contribution in [0, 0.1) is 0 Å². The van der Waals surface area contributed by atoms with Crippen LogP contribution in [-0.4, -0.2) is 33.7 Å². The molecule has 0 radical (unpaired) electrons. The third kappa shape index (κ3) is 425. The van der Waals surface area contributed by atoms with E-state index in [1.54, 1.807) is 6.92 Å². The van der Waals surface area contributed by atoms with Crippen LogP contribution >= 0.6 is 0 Å². The summed E-state index contributed by atoms with van der Waals surface area (Å²) in [4.78, 5) is 0. The van der Waals surface area contributed by atoms with Crippen LogP contribution in [-0.2, 0) is 0 Å². The quantitative estimate of drug-likeness (QED) is 0.606. The number of halogens is 3. The third-order valence-corrected chi connectivity index (χ3v) is 0. The molecule has 0 aromatic carbocycles. The van der Waals surface area contributed by atoms with E-state index in [0.29, 0.717) is 0 Å². The maximum atomic E-state index is 9.85. The first kappa shape index (κ1) is 10.5. The van der Waals surface area contributed by atoms with Gasteiger partial charge in [0, 0.05) is 6.61 Å². The van der Waals surface area contributed by atoms with Crippen LogP contribution in [0.1, 0.15) is 6.92 Å². The van der Waals surface area contributed by atoms with Gasteiger partial charge in [0.2, 0.25) is 0 Å². The fourth-order valence-corrected chi connectivity index (χ4v) is 0. The summed E-state index contributed by atoms with van der Waals surface area (Å²) < 4.78 is 29.6. The Bertz CT molecular complexity index is 24.1. The summed E-state index contributed by atoms with van der Waals surface area (Å²) >= 11 is -4.95. The second kappa shape index (κ2) is 9.76. The number of rotatable bonds is 0. The predicted octanol–water partition coefficient (Wildman–Crippen LogP) is 0.878. The van der Waals surface area contributed by atoms with Gasteiger partial charge < -0.3 is 5.11 Å². The molecule has 0 aliphatic heterocycles. The summed E-state index contributed by atoms with van der Waals surface area (Å²) in [6.45, 7) is 1.93. The molecule has 0 spiro atoms. The van der Waals surface area contributed by atoms with E-state index in [2.05, 4.69) is 0 Å². The Hall–Kier alpha value is 0.568. The zero-order valence-corrected chi connectivity index (χ0v) is 6.29. The van der Waals surface area contributed by atoms with E-state index in [9.17, 15) is 8.44 Å². The Morgan fingerprint density at radius 3 is 1.43 bits per heavy atom. The van der Waals surface area contributed by atoms with Crippen molar-refractivity contribution in [3.05, 3.63) is 0 Å². The fraction of sp³-hybridized carbons (Fsp3) is 1.00. The van der Waals surface area contributed by atoms with Gasteiger partial charge in [0.05, 0.1) is 0 Å². The molecule has 1 nitrogen and oxygen atoms in total. The molecule has 0 amide bonds. The second-order valence-electron chi connectivity index (χ2n) is 0.508. The summed E-state index contributed by atoms with van der Waals surface area (Å²) in [7, 11) is 0. The zero-order chi connectivity index (χ0) is 6.28. The van der Waals surface area contributed by atoms with E-state index >= 15 is 0 Å². The van der Waals surface area contributed by atoms with Gasteiger partial charge in [-0.25, -0.2) is 0 Å². The first-order valence-electron chi connectivity index (χ1n) is 1.53. The molecule has 0 fully saturated rings. The van der Waals surface area contributed by atoms with Gasteiger partial charge in [-0.3, -0.25) is 0 Å². The Balaban J connectivity index is 0. The monoisotopic (exact) mass is 224 g/mol. The van der Waals surface area contributed by atoms with Gasteiger partial charge in [0.15, 0.2) is 0 Å². The van der Waals surface area contributed by atoms with Crippen molar-refractivity contribution in [1.82, 2.24) is 0 Å². The Morgan fingerprint density at radius 2 is 1.43 bits per heavy atom. The van der Waals surface area contributed by atoms with Crippen LogP contribution < -0.4 is 0 Å². The van der Waals surface area contributed by atoms with Gasteiger partial charge in [-0.05, 0) is 6.92 Å². The Morgan fingerprint density at radius 1 is 1.43 bits per heavy atom. The molecule has 0 bridgehead atoms. The van der Waals surface area contributed by atoms with Crippen molar-refractivity contribution in [3.63, 3.8) is 0 Å². The van der Waals surface area contributed by atoms with E-state index in [-0.39, 0.29) is 6.61 Å². The molecule has 0 saturated heterocycles. The molecule has 0 heterocycles. The van der Waals surface area contributed by atoms with Crippen LogP contribution in [0.3, 0.4) is 0 Å². The number of hydrogen-bond donors (Lipinski definition) is 1. The second-order valence-corrected chi connectivity index (χ2v) is 1.60. The van der Waals surface area contributed by atoms with Gasteiger partial charge >= 0.3 is 30.4 Å². The Kier molecular flexibility index (Phi) is 14.7. The van der Waals surface area contributed by atoms with E-state index in [4.69, 9.17) is 5.11 Å². The topological polar surface area (TPSA) is 20.2 Å². The van der Waals surface area contributed by atoms with Crippen LogP contribution in [0.4, 0.5) is 8.44 Å². The number of aliphatic hydroxyl groups is 1. The minimum absolute atomic E-state index is 0.250. The average molecular weight is 225 g/mol. The molecule has 0 aromatic heterocycles. The molecule has 0 aliphatic carbocycles. The van der Waals surface area contributed by atoms with Gasteiger partial charge in [-0.1, -0.05) is 0 Å². The molecule has 0 unspecified atom stereocenters. The van der Waals surface area contributed by atoms with Crippen molar-refractivity contribution in [2.24, 2.45) is 0 Å². The summed E-state index contributed by atoms with van der Waals surface area (Å²) in [6.07, 6.45) is 0. The minimum atomic E-state index is -4.95. The van der Waals surface area contributed by atoms with Crippen LogP contribution in [0.15, 0.2) is 0 Å². The first-order chi connectivity index (χ1) is 3.15. The number of aliphatic hydroxyl groups excluding tert-OH is 1. The first-order valence-corrected chi connectivity index (χ1v) is 4.43. The van der Waals surface area contributed by atoms with Gasteiger partial charge in [0.1, 0.15) is 0 Å². The third-order valence-electron chi connectivity index (χ3n) is 0. The summed E-state index contributed by atoms with van der Waals surface area (Å²) in [5.74, 6) is 0. The summed E-state index contributed by atoms with van der Waals surface area (Å²) in [6, 6.07) is 0. The summed E-state index contributed by atoms with van der Waals surface area (Å²) in [5.41, 5.74) is 0. The van der Waals surface area contributed by atoms with Crippen molar-refractivity contribution < 1.29 is 13.5 Å². The molecule has 0 atom stereocenters. The fourth-order valence-electron chi connectivity index (χ4n) is 0. The molecular weight excluding hydrogens is 219 g/mol. The molecule has 0 rings (SSSR count). The van der Waals surface area contributed by atoms with Crippen molar-refractivity contribution in [2.75, 3.05) is 6.61 Å². The molecule has 7 heavy (non-hydrogen) atoms. The normalized spacial score (nSPS) is 7.71. The average Bonchev–Trinajstić information content (AvgIpc) is 1.33. The van der Waals surface area contributed by atoms with Crippen molar-refractivity contribution in [3.8, 4) is 0 Å². The zero-order valence-electron chi connectivity index (χ0n) is 3.74. The van der Waals surface area contributed by atoms with Crippen LogP contribution in [0.25, 0.3) is 0 Å². The molecule has 0 saturated carbocycles. The number of hydrogen-bond acceptors (Lipinski definition) is 1. The molecular formula is C2H6F3OSb. The molecule has 1 N–H and O–H groups in total. The van der Waals surface area contributed by atoms with E-state index in [0.717, 1.165) is 0 Å². The van der Waals surface area contributed by atoms with E-state index < -0.39 is 22.0 Å². The predicted molar refractivity (Wildman–Crippen MR) is 21.8 cm³/mol. The van der Waals surface area contributed by atoms with Crippen molar-refractivity contribution in [2.45, 2.75) is 6.92 Å². The van der Waals surface area contributed by atoms with Crippen molar-refractivity contribution >= 4 is 22.0 Å². The Labute approximate surface area is 49.5 Å². The van der Waals surface area contributed by atoms with E-state index in [1.807, 2.05) is 0 Å². The van der Waals surface area contributed by atoms with Gasteiger partial charge in [-0.15, -0.1) is 0 Å². The van der Waals surface area contributed by atoms with Gasteiger partial charge in [0.25, 0.3) is 0 Å². The summed E-state index contributed by atoms with van der Waals surface area (Å²) in [5, 5.41) is 7.57. The van der Waals surface area contributed by atoms with Crippen LogP contribution in [0.2, 0.25) is 0 Å². The maximum absolute atomic E-state index is 9.85. The van der Waals surface area contributed by atoms with E-state index in [1.165, 1.54) is 0 Å². The molecule has 5 heteroatoms.